The van der Waals surface area contributed by atoms with Crippen LogP contribution in [0.2, 0.25) is 0 Å². The molecular formula is C23H36IN5O3. The summed E-state index contributed by atoms with van der Waals surface area (Å²) >= 11 is 0. The lowest BCUT2D eigenvalue weighted by atomic mass is 9.69. The van der Waals surface area contributed by atoms with Crippen LogP contribution in [-0.4, -0.2) is 50.0 Å². The zero-order valence-electron chi connectivity index (χ0n) is 19.6. The molecule has 0 radical (unpaired) electrons. The Labute approximate surface area is 208 Å². The molecule has 1 aliphatic carbocycles. The van der Waals surface area contributed by atoms with Gasteiger partial charge in [-0.2, -0.15) is 4.98 Å². The fourth-order valence-corrected chi connectivity index (χ4v) is 4.23. The molecule has 2 aromatic rings. The number of aliphatic imine (C=N–C) groups is 1. The Morgan fingerprint density at radius 2 is 1.88 bits per heavy atom. The van der Waals surface area contributed by atoms with Gasteiger partial charge in [0, 0.05) is 24.9 Å². The van der Waals surface area contributed by atoms with Gasteiger partial charge in [0.2, 0.25) is 5.89 Å². The normalized spacial score (nSPS) is 15.6. The Balaban J connectivity index is 0.00000363. The molecule has 0 aliphatic heterocycles. The summed E-state index contributed by atoms with van der Waals surface area (Å²) in [6.07, 6.45) is 6.60. The highest BCUT2D eigenvalue weighted by molar-refractivity contribution is 14.0. The number of benzene rings is 1. The van der Waals surface area contributed by atoms with Crippen LogP contribution in [0.15, 0.2) is 27.7 Å². The third kappa shape index (κ3) is 6.73. The van der Waals surface area contributed by atoms with Crippen LogP contribution < -0.4 is 20.1 Å². The molecular weight excluding hydrogens is 521 g/mol. The van der Waals surface area contributed by atoms with Crippen LogP contribution in [0.1, 0.15) is 56.3 Å². The summed E-state index contributed by atoms with van der Waals surface area (Å²) in [6.45, 7) is 6.09. The molecule has 1 fully saturated rings. The number of hydrogen-bond acceptors (Lipinski definition) is 6. The second-order valence-electron chi connectivity index (χ2n) is 8.02. The lowest BCUT2D eigenvalue weighted by Gasteiger charge is -2.37. The smallest absolute Gasteiger partial charge is 0.228 e. The topological polar surface area (TPSA) is 93.8 Å². The zero-order valence-corrected chi connectivity index (χ0v) is 21.9. The van der Waals surface area contributed by atoms with E-state index in [1.807, 2.05) is 13.0 Å². The number of aryl methyl sites for hydroxylation is 1. The van der Waals surface area contributed by atoms with E-state index in [4.69, 9.17) is 19.0 Å². The third-order valence-corrected chi connectivity index (χ3v) is 5.89. The summed E-state index contributed by atoms with van der Waals surface area (Å²) in [5, 5.41) is 10.6. The molecule has 8 nitrogen and oxygen atoms in total. The van der Waals surface area contributed by atoms with Crippen LogP contribution in [0.5, 0.6) is 11.5 Å². The number of rotatable bonds is 9. The number of methoxy groups -OCH3 is 2. The highest BCUT2D eigenvalue weighted by atomic mass is 127. The van der Waals surface area contributed by atoms with Crippen molar-refractivity contribution in [2.75, 3.05) is 33.9 Å². The lowest BCUT2D eigenvalue weighted by molar-refractivity contribution is 0.298. The van der Waals surface area contributed by atoms with Gasteiger partial charge in [-0.1, -0.05) is 30.5 Å². The van der Waals surface area contributed by atoms with E-state index in [-0.39, 0.29) is 29.4 Å². The minimum Gasteiger partial charge on any atom is -0.493 e. The van der Waals surface area contributed by atoms with Crippen molar-refractivity contribution in [3.63, 3.8) is 0 Å². The maximum atomic E-state index is 5.57. The minimum absolute atomic E-state index is 0. The van der Waals surface area contributed by atoms with Crippen molar-refractivity contribution in [2.24, 2.45) is 4.99 Å². The number of aromatic nitrogens is 2. The largest absolute Gasteiger partial charge is 0.493 e. The van der Waals surface area contributed by atoms with Crippen molar-refractivity contribution in [3.05, 3.63) is 35.5 Å². The molecule has 1 aliphatic rings. The second-order valence-corrected chi connectivity index (χ2v) is 8.02. The maximum Gasteiger partial charge on any atom is 0.228 e. The molecule has 0 atom stereocenters. The van der Waals surface area contributed by atoms with E-state index < -0.39 is 0 Å². The first-order valence-electron chi connectivity index (χ1n) is 11.1. The van der Waals surface area contributed by atoms with Crippen LogP contribution in [0.3, 0.4) is 0 Å². The van der Waals surface area contributed by atoms with Gasteiger partial charge in [-0.25, -0.2) is 0 Å². The van der Waals surface area contributed by atoms with Gasteiger partial charge in [-0.15, -0.1) is 24.0 Å². The maximum absolute atomic E-state index is 5.57. The number of nitrogens with one attached hydrogen (secondary N) is 2. The Kier molecular flexibility index (Phi) is 10.5. The predicted octanol–water partition coefficient (Wildman–Crippen LogP) is 4.01. The first kappa shape index (κ1) is 26.2. The Bertz CT molecular complexity index is 865. The summed E-state index contributed by atoms with van der Waals surface area (Å²) in [7, 11) is 3.35. The lowest BCUT2D eigenvalue weighted by Crippen LogP contribution is -2.40. The van der Waals surface area contributed by atoms with E-state index in [2.05, 4.69) is 39.8 Å². The predicted molar refractivity (Wildman–Crippen MR) is 136 cm³/mol. The molecule has 1 aromatic carbocycles. The summed E-state index contributed by atoms with van der Waals surface area (Å²) in [5.41, 5.74) is 1.27. The van der Waals surface area contributed by atoms with Crippen LogP contribution in [-0.2, 0) is 11.8 Å². The standard InChI is InChI=1S/C23H35N5O3.HI/c1-5-24-22(25-14-11-21-27-17(2)28-31-21)26-16-23(12-7-6-8-13-23)18-9-10-19(29-3)20(15-18)30-4;/h9-10,15H,5-8,11-14,16H2,1-4H3,(H2,24,25,26);1H. The molecule has 2 N–H and O–H groups in total. The van der Waals surface area contributed by atoms with E-state index in [1.54, 1.807) is 14.2 Å². The van der Waals surface area contributed by atoms with Gasteiger partial charge in [0.15, 0.2) is 23.3 Å². The number of hydrogen-bond donors (Lipinski definition) is 2. The molecule has 178 valence electrons. The average molecular weight is 557 g/mol. The molecule has 1 aromatic heterocycles. The molecule has 1 heterocycles. The molecule has 0 amide bonds. The Morgan fingerprint density at radius 3 is 2.50 bits per heavy atom. The zero-order chi connectivity index (χ0) is 22.1. The summed E-state index contributed by atoms with van der Waals surface area (Å²) in [6, 6.07) is 6.29. The van der Waals surface area contributed by atoms with Crippen molar-refractivity contribution >= 4 is 29.9 Å². The molecule has 0 saturated heterocycles. The van der Waals surface area contributed by atoms with Crippen molar-refractivity contribution in [3.8, 4) is 11.5 Å². The van der Waals surface area contributed by atoms with Gasteiger partial charge in [0.1, 0.15) is 0 Å². The van der Waals surface area contributed by atoms with Crippen LogP contribution in [0.4, 0.5) is 0 Å². The molecule has 0 bridgehead atoms. The fraction of sp³-hybridized carbons (Fsp3) is 0.609. The first-order valence-corrected chi connectivity index (χ1v) is 11.1. The second kappa shape index (κ2) is 12.9. The quantitative estimate of drug-likeness (QED) is 0.274. The van der Waals surface area contributed by atoms with Crippen LogP contribution in [0, 0.1) is 6.92 Å². The van der Waals surface area contributed by atoms with E-state index in [0.29, 0.717) is 24.7 Å². The summed E-state index contributed by atoms with van der Waals surface area (Å²) in [4.78, 5) is 9.23. The monoisotopic (exact) mass is 557 g/mol. The van der Waals surface area contributed by atoms with Gasteiger partial charge in [0.05, 0.1) is 20.8 Å². The van der Waals surface area contributed by atoms with Gasteiger partial charge in [0.25, 0.3) is 0 Å². The van der Waals surface area contributed by atoms with Crippen LogP contribution >= 0.6 is 24.0 Å². The molecule has 0 spiro atoms. The van der Waals surface area contributed by atoms with Crippen molar-refractivity contribution in [1.82, 2.24) is 20.8 Å². The average Bonchev–Trinajstić information content (AvgIpc) is 3.22. The fourth-order valence-electron chi connectivity index (χ4n) is 4.23. The number of nitrogens with zero attached hydrogens (tertiary/aromatic N) is 3. The van der Waals surface area contributed by atoms with E-state index in [0.717, 1.165) is 43.4 Å². The number of guanidine groups is 1. The molecule has 1 saturated carbocycles. The Morgan fingerprint density at radius 1 is 1.12 bits per heavy atom. The third-order valence-electron chi connectivity index (χ3n) is 5.89. The number of ether oxygens (including phenoxy) is 2. The van der Waals surface area contributed by atoms with Crippen molar-refractivity contribution in [2.45, 2.75) is 57.8 Å². The van der Waals surface area contributed by atoms with E-state index in [9.17, 15) is 0 Å². The van der Waals surface area contributed by atoms with E-state index in [1.165, 1.54) is 24.8 Å². The van der Waals surface area contributed by atoms with Gasteiger partial charge in [-0.3, -0.25) is 4.99 Å². The van der Waals surface area contributed by atoms with Gasteiger partial charge in [-0.05, 0) is 44.4 Å². The summed E-state index contributed by atoms with van der Waals surface area (Å²) < 4.78 is 16.2. The van der Waals surface area contributed by atoms with Crippen molar-refractivity contribution < 1.29 is 14.0 Å². The SMILES string of the molecule is CCNC(=NCC1(c2ccc(OC)c(OC)c2)CCCCC1)NCCc1nc(C)no1.I. The van der Waals surface area contributed by atoms with Crippen LogP contribution in [0.25, 0.3) is 0 Å². The van der Waals surface area contributed by atoms with Gasteiger partial charge >= 0.3 is 0 Å². The molecule has 0 unspecified atom stereocenters. The molecule has 32 heavy (non-hydrogen) atoms. The van der Waals surface area contributed by atoms with Gasteiger partial charge < -0.3 is 24.6 Å². The molecule has 3 rings (SSSR count). The highest BCUT2D eigenvalue weighted by Crippen LogP contribution is 2.42. The first-order chi connectivity index (χ1) is 15.1. The molecule has 9 heteroatoms. The number of halogens is 1. The Hall–Kier alpha value is -2.04. The van der Waals surface area contributed by atoms with E-state index >= 15 is 0 Å². The highest BCUT2D eigenvalue weighted by Gasteiger charge is 2.34. The van der Waals surface area contributed by atoms with Crippen molar-refractivity contribution in [1.29, 1.82) is 0 Å². The summed E-state index contributed by atoms with van der Waals surface area (Å²) in [5.74, 6) is 3.63. The minimum atomic E-state index is 0.